The minimum Gasteiger partial charge on any atom is -1.00 e. The second-order valence-electron chi connectivity index (χ2n) is 0.283. The Bertz CT molecular complexity index is 40.3. The van der Waals surface area contributed by atoms with E-state index in [4.69, 9.17) is 14.1 Å². The summed E-state index contributed by atoms with van der Waals surface area (Å²) in [4.78, 5) is 14.3. The zero-order valence-corrected chi connectivity index (χ0v) is 10.4. The molecule has 3 nitrogen and oxygen atoms in total. The van der Waals surface area contributed by atoms with Crippen LogP contribution in [0, 0.1) is 0 Å². The van der Waals surface area contributed by atoms with Gasteiger partial charge in [-0.25, -0.2) is 0 Å². The van der Waals surface area contributed by atoms with Crippen molar-refractivity contribution in [3.8, 4) is 0 Å². The van der Waals surface area contributed by atoms with Crippen LogP contribution in [-0.2, 0) is 37.2 Å². The van der Waals surface area contributed by atoms with Crippen molar-refractivity contribution in [3.05, 3.63) is 0 Å². The van der Waals surface area contributed by atoms with Crippen LogP contribution in [-0.4, -0.2) is 64.2 Å². The van der Waals surface area contributed by atoms with E-state index >= 15 is 0 Å². The molecule has 0 saturated carbocycles. The Morgan fingerprint density at radius 2 is 1.50 bits per heavy atom. The molecule has 0 aliphatic rings. The van der Waals surface area contributed by atoms with Crippen LogP contribution in [0.5, 0.6) is 0 Å². The third-order valence-electron chi connectivity index (χ3n) is 0. The van der Waals surface area contributed by atoms with Crippen molar-refractivity contribution in [2.45, 2.75) is 0 Å². The third-order valence-corrected chi connectivity index (χ3v) is 0. The zero-order valence-electron chi connectivity index (χ0n) is 5.09. The molecule has 0 aromatic carbocycles. The normalized spacial score (nSPS) is 4.00. The van der Waals surface area contributed by atoms with Gasteiger partial charge in [-0.2, -0.15) is 0 Å². The van der Waals surface area contributed by atoms with E-state index in [0.29, 0.717) is 0 Å². The molecule has 0 bridgehead atoms. The smallest absolute Gasteiger partial charge is 1.00 e. The van der Waals surface area contributed by atoms with Gasteiger partial charge in [0.15, 0.2) is 0 Å². The standard InChI is InChI=1S/H2O3Si.Sr.Y.2H/c1-4(2)3;;;;/h1-2H;;;;/q;+2;;2*-1. The average Bonchev–Trinajstić information content (AvgIpc) is 0.811. The van der Waals surface area contributed by atoms with Gasteiger partial charge in [0.1, 0.15) is 0 Å². The topological polar surface area (TPSA) is 57.5 Å². The van der Waals surface area contributed by atoms with E-state index in [1.54, 1.807) is 0 Å². The summed E-state index contributed by atoms with van der Waals surface area (Å²) in [6, 6.07) is 0. The number of hydrogen-bond donors (Lipinski definition) is 2. The first-order chi connectivity index (χ1) is 1.73. The first kappa shape index (κ1) is 15.7. The monoisotopic (exact) mass is 257 g/mol. The Balaban J connectivity index is -0.00000000750. The van der Waals surface area contributed by atoms with Gasteiger partial charge in [-0.15, -0.1) is 0 Å². The fourth-order valence-electron chi connectivity index (χ4n) is 0. The summed E-state index contributed by atoms with van der Waals surface area (Å²) >= 11 is 0. The molecular formula is H4O3SiSrY. The van der Waals surface area contributed by atoms with E-state index in [-0.39, 0.29) is 81.0 Å². The summed E-state index contributed by atoms with van der Waals surface area (Å²) in [7, 11) is -3.13. The maximum Gasteiger partial charge on any atom is 2.00 e. The molecule has 0 amide bonds. The number of rotatable bonds is 0. The molecule has 0 spiro atoms. The third kappa shape index (κ3) is 34.6. The van der Waals surface area contributed by atoms with Crippen molar-refractivity contribution < 1.29 is 49.6 Å². The van der Waals surface area contributed by atoms with Crippen LogP contribution in [0.15, 0.2) is 0 Å². The zero-order chi connectivity index (χ0) is 3.58. The molecule has 0 fully saturated rings. The van der Waals surface area contributed by atoms with Crippen molar-refractivity contribution in [2.24, 2.45) is 0 Å². The van der Waals surface area contributed by atoms with Gasteiger partial charge >= 0.3 is 54.7 Å². The van der Waals surface area contributed by atoms with Crippen molar-refractivity contribution in [1.82, 2.24) is 0 Å². The molecule has 0 heterocycles. The van der Waals surface area contributed by atoms with Gasteiger partial charge in [-0.1, -0.05) is 0 Å². The Morgan fingerprint density at radius 3 is 1.50 bits per heavy atom. The fourth-order valence-corrected chi connectivity index (χ4v) is 0. The quantitative estimate of drug-likeness (QED) is 0.505. The van der Waals surface area contributed by atoms with Crippen LogP contribution in [0.25, 0.3) is 0 Å². The summed E-state index contributed by atoms with van der Waals surface area (Å²) in [5.74, 6) is 0. The predicted octanol–water partition coefficient (Wildman–Crippen LogP) is -1.77. The first-order valence-electron chi connectivity index (χ1n) is 0.651. The molecule has 1 radical (unpaired) electrons. The van der Waals surface area contributed by atoms with Gasteiger partial charge in [0.05, 0.1) is 0 Å². The summed E-state index contributed by atoms with van der Waals surface area (Å²) in [6.07, 6.45) is 0. The molecule has 6 heteroatoms. The van der Waals surface area contributed by atoms with Crippen molar-refractivity contribution in [1.29, 1.82) is 0 Å². The van der Waals surface area contributed by atoms with E-state index < -0.39 is 9.17 Å². The molecule has 0 rings (SSSR count). The molecule has 0 aliphatic carbocycles. The van der Waals surface area contributed by atoms with Crippen molar-refractivity contribution in [2.75, 3.05) is 0 Å². The molecule has 31 valence electrons. The Morgan fingerprint density at radius 1 is 1.50 bits per heavy atom. The van der Waals surface area contributed by atoms with E-state index in [0.717, 1.165) is 0 Å². The second-order valence-corrected chi connectivity index (χ2v) is 0.848. The molecule has 0 atom stereocenters. The molecule has 0 saturated heterocycles. The second kappa shape index (κ2) is 10.2. The van der Waals surface area contributed by atoms with Gasteiger partial charge < -0.3 is 12.4 Å². The largest absolute Gasteiger partial charge is 2.00 e. The van der Waals surface area contributed by atoms with Crippen LogP contribution in [0.2, 0.25) is 0 Å². The van der Waals surface area contributed by atoms with Gasteiger partial charge in [0, 0.05) is 32.7 Å². The maximum atomic E-state index is 8.74. The molecule has 0 aromatic heterocycles. The minimum absolute atomic E-state index is 0. The van der Waals surface area contributed by atoms with Gasteiger partial charge in [-0.3, -0.25) is 4.46 Å². The predicted molar refractivity (Wildman–Crippen MR) is 18.9 cm³/mol. The van der Waals surface area contributed by atoms with Crippen LogP contribution in [0.3, 0.4) is 0 Å². The minimum atomic E-state index is -3.13. The SMILES string of the molecule is O=[Si](O)O.[H-].[H-].[Sr+2].[Y]. The van der Waals surface area contributed by atoms with E-state index in [1.165, 1.54) is 0 Å². The van der Waals surface area contributed by atoms with E-state index in [1.807, 2.05) is 0 Å². The van der Waals surface area contributed by atoms with Crippen LogP contribution < -0.4 is 0 Å². The summed E-state index contributed by atoms with van der Waals surface area (Å²) in [5, 5.41) is 0. The Kier molecular flexibility index (Phi) is 26.8. The molecule has 2 N–H and O–H groups in total. The Labute approximate surface area is 102 Å². The van der Waals surface area contributed by atoms with Gasteiger partial charge in [-0.05, 0) is 0 Å². The van der Waals surface area contributed by atoms with Crippen LogP contribution in [0.1, 0.15) is 2.85 Å². The van der Waals surface area contributed by atoms with Crippen molar-refractivity contribution in [3.63, 3.8) is 0 Å². The number of hydrogen-bond acceptors (Lipinski definition) is 1. The summed E-state index contributed by atoms with van der Waals surface area (Å²) < 4.78 is 8.74. The van der Waals surface area contributed by atoms with E-state index in [2.05, 4.69) is 0 Å². The van der Waals surface area contributed by atoms with E-state index in [9.17, 15) is 0 Å². The average molecular weight is 257 g/mol. The fraction of sp³-hybridized carbons (Fsp3) is 0. The van der Waals surface area contributed by atoms with Crippen molar-refractivity contribution >= 4 is 54.7 Å². The van der Waals surface area contributed by atoms with Gasteiger partial charge in [0.25, 0.3) is 0 Å². The van der Waals surface area contributed by atoms with Crippen LogP contribution in [0.4, 0.5) is 0 Å². The molecule has 0 aromatic rings. The Hall–Kier alpha value is 2.20. The van der Waals surface area contributed by atoms with Gasteiger partial charge in [0.2, 0.25) is 0 Å². The molecule has 6 heavy (non-hydrogen) atoms. The molecular weight excluding hydrogens is 253 g/mol. The molecule has 0 unspecified atom stereocenters. The first-order valence-corrected chi connectivity index (χ1v) is 1.95. The summed E-state index contributed by atoms with van der Waals surface area (Å²) in [5.41, 5.74) is 0. The summed E-state index contributed by atoms with van der Waals surface area (Å²) in [6.45, 7) is 0. The molecule has 0 aliphatic heterocycles. The maximum absolute atomic E-state index is 8.74. The van der Waals surface area contributed by atoms with Crippen LogP contribution >= 0.6 is 0 Å².